The third-order valence-corrected chi connectivity index (χ3v) is 4.13. The van der Waals surface area contributed by atoms with Crippen LogP contribution in [0.25, 0.3) is 0 Å². The van der Waals surface area contributed by atoms with Crippen LogP contribution in [0.2, 0.25) is 0 Å². The first-order valence-electron chi connectivity index (χ1n) is 8.54. The Labute approximate surface area is 149 Å². The lowest BCUT2D eigenvalue weighted by atomic mass is 10.0. The summed E-state index contributed by atoms with van der Waals surface area (Å²) in [6.07, 6.45) is 4.99. The number of para-hydroxylation sites is 1. The molecule has 0 aliphatic carbocycles. The van der Waals surface area contributed by atoms with E-state index in [4.69, 9.17) is 0 Å². The van der Waals surface area contributed by atoms with Crippen LogP contribution in [0.15, 0.2) is 49.6 Å². The van der Waals surface area contributed by atoms with Gasteiger partial charge in [0, 0.05) is 37.9 Å². The van der Waals surface area contributed by atoms with Crippen LogP contribution in [0.1, 0.15) is 23.2 Å². The highest BCUT2D eigenvalue weighted by atomic mass is 16.2. The monoisotopic (exact) mass is 342 g/mol. The molecule has 1 aromatic carbocycles. The lowest BCUT2D eigenvalue weighted by Crippen LogP contribution is -2.48. The second kappa shape index (κ2) is 9.52. The number of hydrogen-bond acceptors (Lipinski definition) is 3. The number of hydrogen-bond donors (Lipinski definition) is 3. The van der Waals surface area contributed by atoms with Crippen molar-refractivity contribution in [2.45, 2.75) is 18.9 Å². The highest BCUT2D eigenvalue weighted by Crippen LogP contribution is 2.24. The van der Waals surface area contributed by atoms with E-state index < -0.39 is 0 Å². The zero-order valence-electron chi connectivity index (χ0n) is 14.5. The average Bonchev–Trinajstić information content (AvgIpc) is 2.65. The van der Waals surface area contributed by atoms with Crippen molar-refractivity contribution >= 4 is 17.6 Å². The lowest BCUT2D eigenvalue weighted by molar-refractivity contribution is 0.0958. The van der Waals surface area contributed by atoms with Crippen molar-refractivity contribution < 1.29 is 9.59 Å². The molecular weight excluding hydrogens is 316 g/mol. The number of amides is 3. The largest absolute Gasteiger partial charge is 0.371 e. The van der Waals surface area contributed by atoms with Gasteiger partial charge in [0.25, 0.3) is 5.91 Å². The number of nitrogens with zero attached hydrogens (tertiary/aromatic N) is 1. The van der Waals surface area contributed by atoms with Gasteiger partial charge in [0.2, 0.25) is 0 Å². The van der Waals surface area contributed by atoms with E-state index in [1.165, 1.54) is 0 Å². The zero-order chi connectivity index (χ0) is 18.1. The summed E-state index contributed by atoms with van der Waals surface area (Å²) in [4.78, 5) is 26.2. The standard InChI is InChI=1S/C19H26N4O2/c1-3-11-20-18(24)16-7-5-6-8-17(16)23-13-9-15(10-14-23)22-19(25)21-12-4-2/h3-8,15H,1-2,9-14H2,(H,20,24)(H2,21,22,25). The third-order valence-electron chi connectivity index (χ3n) is 4.13. The molecule has 6 nitrogen and oxygen atoms in total. The predicted octanol–water partition coefficient (Wildman–Crippen LogP) is 2.06. The Morgan fingerprint density at radius 1 is 1.08 bits per heavy atom. The van der Waals surface area contributed by atoms with Crippen molar-refractivity contribution in [2.24, 2.45) is 0 Å². The SMILES string of the molecule is C=CCNC(=O)NC1CCN(c2ccccc2C(=O)NCC=C)CC1. The van der Waals surface area contributed by atoms with E-state index in [9.17, 15) is 9.59 Å². The number of benzene rings is 1. The molecular formula is C19H26N4O2. The van der Waals surface area contributed by atoms with Gasteiger partial charge in [-0.15, -0.1) is 13.2 Å². The van der Waals surface area contributed by atoms with Crippen LogP contribution in [0.5, 0.6) is 0 Å². The molecule has 0 unspecified atom stereocenters. The Morgan fingerprint density at radius 2 is 1.72 bits per heavy atom. The molecule has 3 N–H and O–H groups in total. The molecule has 0 atom stereocenters. The molecule has 1 fully saturated rings. The van der Waals surface area contributed by atoms with Crippen LogP contribution in [0.4, 0.5) is 10.5 Å². The third kappa shape index (κ3) is 5.38. The quantitative estimate of drug-likeness (QED) is 0.664. The Kier molecular flexibility index (Phi) is 7.07. The van der Waals surface area contributed by atoms with Gasteiger partial charge in [-0.05, 0) is 25.0 Å². The fourth-order valence-corrected chi connectivity index (χ4v) is 2.87. The topological polar surface area (TPSA) is 73.5 Å². The summed E-state index contributed by atoms with van der Waals surface area (Å²) in [5.74, 6) is -0.0976. The number of piperidine rings is 1. The molecule has 1 aromatic rings. The van der Waals surface area contributed by atoms with Crippen LogP contribution < -0.4 is 20.9 Å². The highest BCUT2D eigenvalue weighted by molar-refractivity contribution is 5.99. The molecule has 2 rings (SSSR count). The van der Waals surface area contributed by atoms with Crippen molar-refractivity contribution in [3.05, 3.63) is 55.1 Å². The minimum absolute atomic E-state index is 0.0976. The number of urea groups is 1. The predicted molar refractivity (Wildman–Crippen MR) is 101 cm³/mol. The molecule has 0 saturated carbocycles. The van der Waals surface area contributed by atoms with Gasteiger partial charge in [0.15, 0.2) is 0 Å². The van der Waals surface area contributed by atoms with Gasteiger partial charge in [-0.2, -0.15) is 0 Å². The van der Waals surface area contributed by atoms with Crippen LogP contribution in [0, 0.1) is 0 Å². The summed E-state index contributed by atoms with van der Waals surface area (Å²) >= 11 is 0. The molecule has 0 spiro atoms. The summed E-state index contributed by atoms with van der Waals surface area (Å²) < 4.78 is 0. The minimum Gasteiger partial charge on any atom is -0.371 e. The van der Waals surface area contributed by atoms with Gasteiger partial charge < -0.3 is 20.9 Å². The van der Waals surface area contributed by atoms with Gasteiger partial charge in [-0.25, -0.2) is 4.79 Å². The second-order valence-electron chi connectivity index (χ2n) is 5.92. The molecule has 0 bridgehead atoms. The smallest absolute Gasteiger partial charge is 0.315 e. The van der Waals surface area contributed by atoms with E-state index >= 15 is 0 Å². The molecule has 134 valence electrons. The summed E-state index contributed by atoms with van der Waals surface area (Å²) in [5, 5.41) is 8.53. The van der Waals surface area contributed by atoms with Crippen molar-refractivity contribution in [2.75, 3.05) is 31.1 Å². The first-order chi connectivity index (χ1) is 12.2. The summed E-state index contributed by atoms with van der Waals surface area (Å²) in [6.45, 7) is 9.67. The number of rotatable bonds is 7. The molecule has 1 heterocycles. The average molecular weight is 342 g/mol. The molecule has 0 aromatic heterocycles. The maximum Gasteiger partial charge on any atom is 0.315 e. The first-order valence-corrected chi connectivity index (χ1v) is 8.54. The van der Waals surface area contributed by atoms with Gasteiger partial charge in [-0.3, -0.25) is 4.79 Å². The first kappa shape index (κ1) is 18.6. The molecule has 1 aliphatic heterocycles. The van der Waals surface area contributed by atoms with E-state index in [1.807, 2.05) is 24.3 Å². The van der Waals surface area contributed by atoms with Gasteiger partial charge in [0.1, 0.15) is 0 Å². The zero-order valence-corrected chi connectivity index (χ0v) is 14.5. The maximum atomic E-state index is 12.3. The molecule has 1 saturated heterocycles. The number of carbonyl (C=O) groups is 2. The molecule has 0 radical (unpaired) electrons. The van der Waals surface area contributed by atoms with Crippen LogP contribution in [0.3, 0.4) is 0 Å². The Morgan fingerprint density at radius 3 is 2.40 bits per heavy atom. The molecule has 3 amide bonds. The Balaban J connectivity index is 1.94. The maximum absolute atomic E-state index is 12.3. The minimum atomic E-state index is -0.164. The Bertz CT molecular complexity index is 622. The summed E-state index contributed by atoms with van der Waals surface area (Å²) in [5.41, 5.74) is 1.60. The van der Waals surface area contributed by atoms with Gasteiger partial charge in [0.05, 0.1) is 5.56 Å². The molecule has 1 aliphatic rings. The van der Waals surface area contributed by atoms with E-state index in [2.05, 4.69) is 34.0 Å². The molecule has 6 heteroatoms. The van der Waals surface area contributed by atoms with Crippen LogP contribution >= 0.6 is 0 Å². The number of anilines is 1. The summed E-state index contributed by atoms with van der Waals surface area (Å²) in [7, 11) is 0. The van der Waals surface area contributed by atoms with Gasteiger partial charge in [-0.1, -0.05) is 24.3 Å². The second-order valence-corrected chi connectivity index (χ2v) is 5.92. The Hall–Kier alpha value is -2.76. The highest BCUT2D eigenvalue weighted by Gasteiger charge is 2.23. The lowest BCUT2D eigenvalue weighted by Gasteiger charge is -2.34. The van der Waals surface area contributed by atoms with E-state index in [0.29, 0.717) is 18.7 Å². The molecule has 25 heavy (non-hydrogen) atoms. The van der Waals surface area contributed by atoms with E-state index in [-0.39, 0.29) is 18.0 Å². The van der Waals surface area contributed by atoms with Crippen molar-refractivity contribution in [1.29, 1.82) is 0 Å². The van der Waals surface area contributed by atoms with Gasteiger partial charge >= 0.3 is 6.03 Å². The van der Waals surface area contributed by atoms with Crippen LogP contribution in [-0.2, 0) is 0 Å². The number of carbonyl (C=O) groups excluding carboxylic acids is 2. The number of nitrogens with one attached hydrogen (secondary N) is 3. The van der Waals surface area contributed by atoms with Crippen LogP contribution in [-0.4, -0.2) is 44.2 Å². The van der Waals surface area contributed by atoms with E-state index in [1.54, 1.807) is 12.2 Å². The normalized spacial score (nSPS) is 14.5. The van der Waals surface area contributed by atoms with Crippen molar-refractivity contribution in [3.8, 4) is 0 Å². The summed E-state index contributed by atoms with van der Waals surface area (Å²) in [6, 6.07) is 7.58. The van der Waals surface area contributed by atoms with E-state index in [0.717, 1.165) is 31.6 Å². The van der Waals surface area contributed by atoms with Crippen molar-refractivity contribution in [3.63, 3.8) is 0 Å². The fraction of sp³-hybridized carbons (Fsp3) is 0.368. The fourth-order valence-electron chi connectivity index (χ4n) is 2.87. The van der Waals surface area contributed by atoms with Crippen molar-refractivity contribution in [1.82, 2.24) is 16.0 Å².